The molecule has 310 valence electrons. The van der Waals surface area contributed by atoms with Gasteiger partial charge in [-0.25, -0.2) is 4.57 Å². The fourth-order valence-corrected chi connectivity index (χ4v) is 6.06. The molecular formula is C45H78NO7P. The second-order valence-electron chi connectivity index (χ2n) is 13.4. The topological polar surface area (TPSA) is 117 Å². The summed E-state index contributed by atoms with van der Waals surface area (Å²) >= 11 is 0. The van der Waals surface area contributed by atoms with E-state index in [1.165, 1.54) is 32.1 Å². The molecule has 8 nitrogen and oxygen atoms in total. The van der Waals surface area contributed by atoms with Crippen LogP contribution in [0.2, 0.25) is 0 Å². The number of unbranched alkanes of at least 4 members (excludes halogenated alkanes) is 12. The van der Waals surface area contributed by atoms with Gasteiger partial charge >= 0.3 is 13.8 Å². The highest BCUT2D eigenvalue weighted by Crippen LogP contribution is 2.43. The Kier molecular flexibility index (Phi) is 40.0. The van der Waals surface area contributed by atoms with Gasteiger partial charge in [-0.3, -0.25) is 13.8 Å². The highest BCUT2D eigenvalue weighted by molar-refractivity contribution is 7.47. The van der Waals surface area contributed by atoms with Gasteiger partial charge in [0.25, 0.3) is 0 Å². The van der Waals surface area contributed by atoms with Crippen LogP contribution in [-0.4, -0.2) is 49.9 Å². The molecule has 0 aliphatic rings. The third-order valence-corrected chi connectivity index (χ3v) is 9.29. The van der Waals surface area contributed by atoms with Crippen molar-refractivity contribution in [2.45, 2.75) is 161 Å². The lowest BCUT2D eigenvalue weighted by atomic mass is 10.1. The highest BCUT2D eigenvalue weighted by atomic mass is 31.2. The number of hydrogen-bond acceptors (Lipinski definition) is 7. The van der Waals surface area contributed by atoms with Crippen molar-refractivity contribution in [3.63, 3.8) is 0 Å². The Morgan fingerprint density at radius 1 is 0.556 bits per heavy atom. The molecule has 0 bridgehead atoms. The van der Waals surface area contributed by atoms with Gasteiger partial charge in [0.15, 0.2) is 0 Å². The van der Waals surface area contributed by atoms with Crippen molar-refractivity contribution in [3.05, 3.63) is 85.1 Å². The SMILES string of the molecule is CC/C=C\C/C=C\C/C=C\C/C=C\CCCCCCCOCC(COP(=O)(O)OCCN)OC(=O)CCCCCCCCC/C=C\C/C=C\C/C=C\CC. The van der Waals surface area contributed by atoms with Gasteiger partial charge in [-0.05, 0) is 83.5 Å². The number of carbonyl (C=O) groups excluding carboxylic acids is 1. The third kappa shape index (κ3) is 40.9. The fourth-order valence-electron chi connectivity index (χ4n) is 5.29. The Labute approximate surface area is 330 Å². The third-order valence-electron chi connectivity index (χ3n) is 8.31. The lowest BCUT2D eigenvalue weighted by Gasteiger charge is -2.20. The molecule has 0 spiro atoms. The van der Waals surface area contributed by atoms with E-state index in [1.807, 2.05) is 0 Å². The number of rotatable bonds is 39. The maximum Gasteiger partial charge on any atom is 0.472 e. The molecule has 0 aliphatic heterocycles. The zero-order valence-electron chi connectivity index (χ0n) is 34.2. The second kappa shape index (κ2) is 41.8. The molecule has 0 radical (unpaired) electrons. The largest absolute Gasteiger partial charge is 0.472 e. The first-order chi connectivity index (χ1) is 26.4. The number of carbonyl (C=O) groups is 1. The molecule has 2 unspecified atom stereocenters. The van der Waals surface area contributed by atoms with E-state index in [9.17, 15) is 14.3 Å². The number of nitrogens with two attached hydrogens (primary N) is 1. The summed E-state index contributed by atoms with van der Waals surface area (Å²) in [5.41, 5.74) is 5.36. The molecule has 0 aromatic heterocycles. The number of esters is 1. The lowest BCUT2D eigenvalue weighted by Crippen LogP contribution is -2.28. The summed E-state index contributed by atoms with van der Waals surface area (Å²) in [6.07, 6.45) is 53.1. The summed E-state index contributed by atoms with van der Waals surface area (Å²) in [4.78, 5) is 22.5. The van der Waals surface area contributed by atoms with Gasteiger partial charge in [-0.1, -0.05) is 150 Å². The molecule has 2 atom stereocenters. The normalized spacial score (nSPS) is 14.4. The van der Waals surface area contributed by atoms with Crippen molar-refractivity contribution in [3.8, 4) is 0 Å². The zero-order chi connectivity index (χ0) is 39.5. The van der Waals surface area contributed by atoms with Crippen molar-refractivity contribution < 1.29 is 32.8 Å². The number of phosphoric ester groups is 1. The summed E-state index contributed by atoms with van der Waals surface area (Å²) in [5.74, 6) is -0.352. The maximum absolute atomic E-state index is 12.6. The van der Waals surface area contributed by atoms with Gasteiger partial charge in [-0.15, -0.1) is 0 Å². The summed E-state index contributed by atoms with van der Waals surface area (Å²) in [6.45, 7) is 4.61. The molecule has 0 aromatic carbocycles. The number of phosphoric acid groups is 1. The Morgan fingerprint density at radius 2 is 0.981 bits per heavy atom. The van der Waals surface area contributed by atoms with Gasteiger partial charge in [-0.2, -0.15) is 0 Å². The molecule has 0 rings (SSSR count). The molecule has 54 heavy (non-hydrogen) atoms. The van der Waals surface area contributed by atoms with Crippen LogP contribution in [0.4, 0.5) is 0 Å². The molecule has 9 heteroatoms. The minimum absolute atomic E-state index is 0.0903. The van der Waals surface area contributed by atoms with E-state index in [-0.39, 0.29) is 32.3 Å². The molecule has 0 aromatic rings. The van der Waals surface area contributed by atoms with Gasteiger partial charge in [0.2, 0.25) is 0 Å². The van der Waals surface area contributed by atoms with E-state index >= 15 is 0 Å². The molecule has 0 heterocycles. The van der Waals surface area contributed by atoms with Crippen molar-refractivity contribution in [2.75, 3.05) is 33.0 Å². The van der Waals surface area contributed by atoms with Crippen LogP contribution >= 0.6 is 7.82 Å². The van der Waals surface area contributed by atoms with E-state index in [1.54, 1.807) is 0 Å². The predicted octanol–water partition coefficient (Wildman–Crippen LogP) is 12.5. The first-order valence-electron chi connectivity index (χ1n) is 21.1. The number of allylic oxidation sites excluding steroid dienone is 14. The van der Waals surface area contributed by atoms with Crippen LogP contribution < -0.4 is 5.73 Å². The van der Waals surface area contributed by atoms with Crippen molar-refractivity contribution >= 4 is 13.8 Å². The average molecular weight is 776 g/mol. The van der Waals surface area contributed by atoms with Crippen LogP contribution in [0.3, 0.4) is 0 Å². The van der Waals surface area contributed by atoms with Crippen molar-refractivity contribution in [2.24, 2.45) is 5.73 Å². The van der Waals surface area contributed by atoms with E-state index in [2.05, 4.69) is 98.9 Å². The molecule has 0 saturated heterocycles. The molecular weight excluding hydrogens is 697 g/mol. The summed E-state index contributed by atoms with van der Waals surface area (Å²) in [6, 6.07) is 0. The van der Waals surface area contributed by atoms with Gasteiger partial charge in [0, 0.05) is 19.6 Å². The monoisotopic (exact) mass is 776 g/mol. The lowest BCUT2D eigenvalue weighted by molar-refractivity contribution is -0.154. The number of ether oxygens (including phenoxy) is 2. The summed E-state index contributed by atoms with van der Waals surface area (Å²) < 4.78 is 33.4. The molecule has 3 N–H and O–H groups in total. The standard InChI is InChI=1S/C45H78NO7P/c1-3-5-7-9-11-13-15-17-19-21-23-25-27-29-31-33-35-37-40-50-42-44(43-52-54(48,49)51-41-39-46)53-45(47)38-36-34-32-30-28-26-24-22-20-18-16-14-12-10-8-6-4-2/h5-8,11-14,17-20,23,25,44H,3-4,9-10,15-16,21-22,24,26-43,46H2,1-2H3,(H,48,49)/b7-5-,8-6-,13-11-,14-12-,19-17-,20-18-,25-23-. The van der Waals surface area contributed by atoms with Crippen molar-refractivity contribution in [1.82, 2.24) is 0 Å². The smallest absolute Gasteiger partial charge is 0.457 e. The van der Waals surface area contributed by atoms with E-state index in [0.29, 0.717) is 13.0 Å². The second-order valence-corrected chi connectivity index (χ2v) is 14.9. The number of hydrogen-bond donors (Lipinski definition) is 2. The van der Waals surface area contributed by atoms with Crippen LogP contribution in [0.1, 0.15) is 155 Å². The minimum Gasteiger partial charge on any atom is -0.457 e. The minimum atomic E-state index is -4.29. The summed E-state index contributed by atoms with van der Waals surface area (Å²) in [7, 11) is -4.29. The van der Waals surface area contributed by atoms with Crippen LogP contribution in [0.5, 0.6) is 0 Å². The maximum atomic E-state index is 12.6. The van der Waals surface area contributed by atoms with E-state index in [0.717, 1.165) is 103 Å². The Balaban J connectivity index is 4.12. The zero-order valence-corrected chi connectivity index (χ0v) is 35.1. The molecule has 0 fully saturated rings. The van der Waals surface area contributed by atoms with Crippen LogP contribution in [0.15, 0.2) is 85.1 Å². The Hall–Kier alpha value is -2.32. The molecule has 0 saturated carbocycles. The highest BCUT2D eigenvalue weighted by Gasteiger charge is 2.25. The van der Waals surface area contributed by atoms with Gasteiger partial charge < -0.3 is 20.1 Å². The quantitative estimate of drug-likeness (QED) is 0.0274. The predicted molar refractivity (Wildman–Crippen MR) is 228 cm³/mol. The van der Waals surface area contributed by atoms with E-state index in [4.69, 9.17) is 24.3 Å². The molecule has 0 aliphatic carbocycles. The van der Waals surface area contributed by atoms with Crippen LogP contribution in [0, 0.1) is 0 Å². The summed E-state index contributed by atoms with van der Waals surface area (Å²) in [5, 5.41) is 0. The van der Waals surface area contributed by atoms with Gasteiger partial charge in [0.1, 0.15) is 6.10 Å². The van der Waals surface area contributed by atoms with Crippen LogP contribution in [-0.2, 0) is 27.9 Å². The van der Waals surface area contributed by atoms with E-state index < -0.39 is 13.9 Å². The molecule has 0 amide bonds. The first-order valence-corrected chi connectivity index (χ1v) is 22.6. The fraction of sp³-hybridized carbons (Fsp3) is 0.667. The average Bonchev–Trinajstić information content (AvgIpc) is 3.16. The Bertz CT molecular complexity index is 1100. The Morgan fingerprint density at radius 3 is 1.46 bits per heavy atom. The van der Waals surface area contributed by atoms with Crippen LogP contribution in [0.25, 0.3) is 0 Å². The van der Waals surface area contributed by atoms with Gasteiger partial charge in [0.05, 0.1) is 19.8 Å². The van der Waals surface area contributed by atoms with Crippen molar-refractivity contribution in [1.29, 1.82) is 0 Å². The first kappa shape index (κ1) is 51.7.